The highest BCUT2D eigenvalue weighted by molar-refractivity contribution is 9.10. The molecule has 0 spiro atoms. The van der Waals surface area contributed by atoms with Crippen LogP contribution in [-0.2, 0) is 11.3 Å². The van der Waals surface area contributed by atoms with Gasteiger partial charge in [0.15, 0.2) is 12.0 Å². The van der Waals surface area contributed by atoms with Crippen LogP contribution in [0.5, 0.6) is 0 Å². The smallest absolute Gasteiger partial charge is 0.172 e. The minimum absolute atomic E-state index is 0.284. The number of methoxy groups -OCH3 is 1. The minimum atomic E-state index is 0.284. The topological polar surface area (TPSA) is 57.0 Å². The Kier molecular flexibility index (Phi) is 3.88. The lowest BCUT2D eigenvalue weighted by atomic mass is 10.2. The zero-order valence-corrected chi connectivity index (χ0v) is 11.6. The number of aldehydes is 1. The third-order valence-electron chi connectivity index (χ3n) is 2.59. The number of hydrogen-bond acceptors (Lipinski definition) is 4. The highest BCUT2D eigenvalue weighted by atomic mass is 79.9. The van der Waals surface area contributed by atoms with Crippen molar-refractivity contribution in [1.82, 2.24) is 15.0 Å². The number of rotatable bonds is 4. The van der Waals surface area contributed by atoms with Gasteiger partial charge in [0.25, 0.3) is 0 Å². The van der Waals surface area contributed by atoms with E-state index in [0.29, 0.717) is 17.7 Å². The van der Waals surface area contributed by atoms with Crippen molar-refractivity contribution in [1.29, 1.82) is 0 Å². The maximum Gasteiger partial charge on any atom is 0.172 e. The van der Waals surface area contributed by atoms with Gasteiger partial charge >= 0.3 is 0 Å². The molecule has 1 aromatic heterocycles. The number of aryl methyl sites for hydroxylation is 1. The van der Waals surface area contributed by atoms with Crippen LogP contribution in [0.15, 0.2) is 22.7 Å². The van der Waals surface area contributed by atoms with E-state index in [0.717, 1.165) is 15.7 Å². The molecule has 18 heavy (non-hydrogen) atoms. The largest absolute Gasteiger partial charge is 0.378 e. The first-order valence-electron chi connectivity index (χ1n) is 5.32. The molecule has 1 aromatic carbocycles. The Bertz CT molecular complexity index is 581. The highest BCUT2D eigenvalue weighted by Crippen LogP contribution is 2.21. The number of benzene rings is 1. The van der Waals surface area contributed by atoms with E-state index in [-0.39, 0.29) is 6.61 Å². The van der Waals surface area contributed by atoms with E-state index in [2.05, 4.69) is 26.2 Å². The van der Waals surface area contributed by atoms with Crippen LogP contribution in [-0.4, -0.2) is 28.4 Å². The number of ether oxygens (including phenoxy) is 1. The Morgan fingerprint density at radius 2 is 2.28 bits per heavy atom. The molecule has 94 valence electrons. The molecule has 2 rings (SSSR count). The van der Waals surface area contributed by atoms with Gasteiger partial charge in [0.2, 0.25) is 0 Å². The molecule has 0 N–H and O–H groups in total. The molecule has 0 unspecified atom stereocenters. The molecular formula is C12H12BrN3O2. The van der Waals surface area contributed by atoms with Gasteiger partial charge in [-0.05, 0) is 24.6 Å². The Hall–Kier alpha value is -1.53. The average molecular weight is 310 g/mol. The van der Waals surface area contributed by atoms with E-state index in [1.54, 1.807) is 11.8 Å². The van der Waals surface area contributed by atoms with Crippen LogP contribution in [0.1, 0.15) is 21.7 Å². The van der Waals surface area contributed by atoms with Gasteiger partial charge in [-0.15, -0.1) is 5.10 Å². The molecule has 0 saturated heterocycles. The molecule has 0 aliphatic carbocycles. The molecule has 0 atom stereocenters. The van der Waals surface area contributed by atoms with E-state index in [1.165, 1.54) is 0 Å². The lowest BCUT2D eigenvalue weighted by Crippen LogP contribution is -2.05. The molecule has 5 nitrogen and oxygen atoms in total. The number of halogens is 1. The fourth-order valence-corrected chi connectivity index (χ4v) is 1.96. The summed E-state index contributed by atoms with van der Waals surface area (Å²) in [5.41, 5.74) is 2.90. The second kappa shape index (κ2) is 5.41. The van der Waals surface area contributed by atoms with Crippen molar-refractivity contribution in [3.63, 3.8) is 0 Å². The maximum absolute atomic E-state index is 10.9. The Labute approximate surface area is 113 Å². The standard InChI is InChI=1S/C12H12BrN3O2/c1-8-3-4-9(5-10(8)13)16-12(7-18-2)11(6-17)14-15-16/h3-6H,7H2,1-2H3. The average Bonchev–Trinajstić information content (AvgIpc) is 2.76. The minimum Gasteiger partial charge on any atom is -0.378 e. The fraction of sp³-hybridized carbons (Fsp3) is 0.250. The predicted octanol–water partition coefficient (Wildman–Crippen LogP) is 2.30. The first-order valence-corrected chi connectivity index (χ1v) is 6.12. The molecule has 0 radical (unpaired) electrons. The third kappa shape index (κ3) is 2.34. The molecule has 6 heteroatoms. The number of aromatic nitrogens is 3. The van der Waals surface area contributed by atoms with Crippen molar-refractivity contribution in [3.05, 3.63) is 39.6 Å². The van der Waals surface area contributed by atoms with Crippen LogP contribution in [0.3, 0.4) is 0 Å². The highest BCUT2D eigenvalue weighted by Gasteiger charge is 2.13. The molecule has 0 aliphatic rings. The number of carbonyl (C=O) groups excluding carboxylic acids is 1. The van der Waals surface area contributed by atoms with Gasteiger partial charge < -0.3 is 4.74 Å². The predicted molar refractivity (Wildman–Crippen MR) is 69.9 cm³/mol. The third-order valence-corrected chi connectivity index (χ3v) is 3.44. The lowest BCUT2D eigenvalue weighted by Gasteiger charge is -2.07. The van der Waals surface area contributed by atoms with Crippen molar-refractivity contribution in [2.24, 2.45) is 0 Å². The van der Waals surface area contributed by atoms with Crippen molar-refractivity contribution < 1.29 is 9.53 Å². The van der Waals surface area contributed by atoms with Gasteiger partial charge in [-0.1, -0.05) is 27.2 Å². The summed E-state index contributed by atoms with van der Waals surface area (Å²) in [4.78, 5) is 10.9. The zero-order chi connectivity index (χ0) is 13.1. The van der Waals surface area contributed by atoms with Crippen molar-refractivity contribution in [2.75, 3.05) is 7.11 Å². The summed E-state index contributed by atoms with van der Waals surface area (Å²) >= 11 is 3.47. The van der Waals surface area contributed by atoms with E-state index in [4.69, 9.17) is 4.74 Å². The fourth-order valence-electron chi connectivity index (χ4n) is 1.60. The van der Waals surface area contributed by atoms with Gasteiger partial charge in [0, 0.05) is 11.6 Å². The normalized spacial score (nSPS) is 10.6. The quantitative estimate of drug-likeness (QED) is 0.813. The Balaban J connectivity index is 2.52. The SMILES string of the molecule is COCc1c(C=O)nnn1-c1ccc(C)c(Br)c1. The first-order chi connectivity index (χ1) is 8.67. The first kappa shape index (κ1) is 12.9. The van der Waals surface area contributed by atoms with Gasteiger partial charge in [0.05, 0.1) is 12.3 Å². The molecular weight excluding hydrogens is 298 g/mol. The molecule has 0 saturated carbocycles. The maximum atomic E-state index is 10.9. The van der Waals surface area contributed by atoms with E-state index >= 15 is 0 Å². The number of hydrogen-bond donors (Lipinski definition) is 0. The second-order valence-corrected chi connectivity index (χ2v) is 4.67. The Morgan fingerprint density at radius 3 is 2.89 bits per heavy atom. The van der Waals surface area contributed by atoms with Crippen LogP contribution in [0, 0.1) is 6.92 Å². The van der Waals surface area contributed by atoms with Crippen LogP contribution in [0.4, 0.5) is 0 Å². The van der Waals surface area contributed by atoms with Gasteiger partial charge in [-0.2, -0.15) is 0 Å². The molecule has 0 amide bonds. The molecule has 0 aliphatic heterocycles. The zero-order valence-electron chi connectivity index (χ0n) is 10.1. The summed E-state index contributed by atoms with van der Waals surface area (Å²) < 4.78 is 7.66. The van der Waals surface area contributed by atoms with Crippen molar-refractivity contribution in [2.45, 2.75) is 13.5 Å². The van der Waals surface area contributed by atoms with Gasteiger partial charge in [-0.3, -0.25) is 4.79 Å². The molecule has 1 heterocycles. The molecule has 0 bridgehead atoms. The Morgan fingerprint density at radius 1 is 1.50 bits per heavy atom. The summed E-state index contributed by atoms with van der Waals surface area (Å²) in [6.45, 7) is 2.29. The monoisotopic (exact) mass is 309 g/mol. The van der Waals surface area contributed by atoms with Crippen molar-refractivity contribution in [3.8, 4) is 5.69 Å². The molecule has 0 fully saturated rings. The summed E-state index contributed by atoms with van der Waals surface area (Å²) in [6.07, 6.45) is 0.682. The van der Waals surface area contributed by atoms with Crippen LogP contribution in [0.25, 0.3) is 5.69 Å². The van der Waals surface area contributed by atoms with E-state index in [1.807, 2.05) is 25.1 Å². The van der Waals surface area contributed by atoms with Gasteiger partial charge in [-0.25, -0.2) is 4.68 Å². The van der Waals surface area contributed by atoms with E-state index in [9.17, 15) is 4.79 Å². The summed E-state index contributed by atoms with van der Waals surface area (Å²) in [5.74, 6) is 0. The molecule has 2 aromatic rings. The summed E-state index contributed by atoms with van der Waals surface area (Å²) in [6, 6.07) is 5.82. The lowest BCUT2D eigenvalue weighted by molar-refractivity contribution is 0.111. The van der Waals surface area contributed by atoms with E-state index < -0.39 is 0 Å². The summed E-state index contributed by atoms with van der Waals surface area (Å²) in [5, 5.41) is 7.81. The van der Waals surface area contributed by atoms with Gasteiger partial charge in [0.1, 0.15) is 5.69 Å². The number of nitrogens with zero attached hydrogens (tertiary/aromatic N) is 3. The van der Waals surface area contributed by atoms with Crippen molar-refractivity contribution >= 4 is 22.2 Å². The summed E-state index contributed by atoms with van der Waals surface area (Å²) in [7, 11) is 1.57. The second-order valence-electron chi connectivity index (χ2n) is 3.82. The van der Waals surface area contributed by atoms with Crippen LogP contribution < -0.4 is 0 Å². The van der Waals surface area contributed by atoms with Crippen LogP contribution >= 0.6 is 15.9 Å². The van der Waals surface area contributed by atoms with Crippen LogP contribution in [0.2, 0.25) is 0 Å². The number of carbonyl (C=O) groups is 1.